The van der Waals surface area contributed by atoms with E-state index in [4.69, 9.17) is 9.47 Å². The Kier molecular flexibility index (Phi) is 4.80. The molecule has 1 unspecified atom stereocenters. The monoisotopic (exact) mass is 202 g/mol. The fourth-order valence-corrected chi connectivity index (χ4v) is 0.712. The van der Waals surface area contributed by atoms with Gasteiger partial charge in [-0.15, -0.1) is 0 Å². The maximum atomic E-state index is 10.9. The van der Waals surface area contributed by atoms with Crippen LogP contribution in [0, 0.1) is 0 Å². The molecule has 0 aliphatic rings. The van der Waals surface area contributed by atoms with E-state index < -0.39 is 17.9 Å². The smallest absolute Gasteiger partial charge is 0.333 e. The van der Waals surface area contributed by atoms with E-state index >= 15 is 0 Å². The fraction of sp³-hybridized carbons (Fsp3) is 0.700. The van der Waals surface area contributed by atoms with Crippen molar-refractivity contribution in [3.8, 4) is 0 Å². The number of esters is 1. The Morgan fingerprint density at radius 2 is 2.00 bits per heavy atom. The molecule has 0 saturated carbocycles. The maximum Gasteiger partial charge on any atom is 0.333 e. The first-order valence-electron chi connectivity index (χ1n) is 4.41. The van der Waals surface area contributed by atoms with Crippen LogP contribution in [-0.2, 0) is 14.3 Å². The van der Waals surface area contributed by atoms with Crippen LogP contribution < -0.4 is 0 Å². The third-order valence-electron chi connectivity index (χ3n) is 1.20. The third kappa shape index (κ3) is 6.62. The van der Waals surface area contributed by atoms with Crippen molar-refractivity contribution < 1.29 is 19.4 Å². The zero-order valence-electron chi connectivity index (χ0n) is 9.16. The largest absolute Gasteiger partial charge is 0.457 e. The molecule has 0 bridgehead atoms. The number of carbonyl (C=O) groups is 1. The van der Waals surface area contributed by atoms with Gasteiger partial charge in [0.1, 0.15) is 6.61 Å². The van der Waals surface area contributed by atoms with Crippen LogP contribution in [0.2, 0.25) is 0 Å². The first-order chi connectivity index (χ1) is 6.22. The first kappa shape index (κ1) is 13.1. The van der Waals surface area contributed by atoms with Crippen LogP contribution in [0.4, 0.5) is 0 Å². The van der Waals surface area contributed by atoms with Crippen molar-refractivity contribution in [2.24, 2.45) is 0 Å². The molecule has 4 heteroatoms. The molecule has 0 saturated heterocycles. The highest BCUT2D eigenvalue weighted by molar-refractivity contribution is 5.86. The summed E-state index contributed by atoms with van der Waals surface area (Å²) in [6, 6.07) is 0. The number of aliphatic hydroxyl groups is 1. The predicted octanol–water partition coefficient (Wildman–Crippen LogP) is 1.24. The highest BCUT2D eigenvalue weighted by atomic mass is 16.6. The van der Waals surface area contributed by atoms with Gasteiger partial charge in [0.05, 0.1) is 5.60 Å². The summed E-state index contributed by atoms with van der Waals surface area (Å²) in [6.45, 7) is 10.2. The van der Waals surface area contributed by atoms with Crippen molar-refractivity contribution in [3.63, 3.8) is 0 Å². The Hall–Kier alpha value is -0.870. The average molecular weight is 202 g/mol. The van der Waals surface area contributed by atoms with Crippen molar-refractivity contribution in [1.29, 1.82) is 0 Å². The zero-order valence-corrected chi connectivity index (χ0v) is 9.16. The Bertz CT molecular complexity index is 215. The number of rotatable bonds is 4. The summed E-state index contributed by atoms with van der Waals surface area (Å²) >= 11 is 0. The Labute approximate surface area is 84.5 Å². The van der Waals surface area contributed by atoms with Crippen LogP contribution >= 0.6 is 0 Å². The Morgan fingerprint density at radius 1 is 1.50 bits per heavy atom. The first-order valence-corrected chi connectivity index (χ1v) is 4.41. The minimum absolute atomic E-state index is 0.178. The van der Waals surface area contributed by atoms with E-state index in [-0.39, 0.29) is 6.61 Å². The van der Waals surface area contributed by atoms with Gasteiger partial charge in [0.25, 0.3) is 0 Å². The number of carbonyl (C=O) groups excluding carboxylic acids is 1. The molecule has 1 atom stereocenters. The van der Waals surface area contributed by atoms with E-state index in [1.165, 1.54) is 0 Å². The van der Waals surface area contributed by atoms with Gasteiger partial charge in [-0.25, -0.2) is 4.79 Å². The van der Waals surface area contributed by atoms with Gasteiger partial charge in [0.15, 0.2) is 6.29 Å². The second kappa shape index (κ2) is 5.12. The fourth-order valence-electron chi connectivity index (χ4n) is 0.712. The lowest BCUT2D eigenvalue weighted by molar-refractivity contribution is -0.193. The van der Waals surface area contributed by atoms with Crippen molar-refractivity contribution >= 4 is 5.97 Å². The summed E-state index contributed by atoms with van der Waals surface area (Å²) < 4.78 is 9.81. The zero-order chi connectivity index (χ0) is 11.4. The number of hydrogen-bond donors (Lipinski definition) is 1. The molecule has 0 fully saturated rings. The predicted molar refractivity (Wildman–Crippen MR) is 52.6 cm³/mol. The highest BCUT2D eigenvalue weighted by Gasteiger charge is 2.17. The summed E-state index contributed by atoms with van der Waals surface area (Å²) in [5.74, 6) is -0.526. The minimum atomic E-state index is -1.10. The molecule has 0 heterocycles. The van der Waals surface area contributed by atoms with Crippen LogP contribution in [-0.4, -0.2) is 29.6 Å². The number of ether oxygens (including phenoxy) is 2. The van der Waals surface area contributed by atoms with Crippen LogP contribution in [0.5, 0.6) is 0 Å². The molecular formula is C10H18O4. The van der Waals surface area contributed by atoms with Gasteiger partial charge in [-0.3, -0.25) is 0 Å². The van der Waals surface area contributed by atoms with E-state index in [9.17, 15) is 9.90 Å². The van der Waals surface area contributed by atoms with Crippen molar-refractivity contribution in [3.05, 3.63) is 12.2 Å². The molecular weight excluding hydrogens is 184 g/mol. The molecule has 0 spiro atoms. The van der Waals surface area contributed by atoms with Crippen LogP contribution in [0.25, 0.3) is 0 Å². The van der Waals surface area contributed by atoms with Gasteiger partial charge in [-0.1, -0.05) is 6.58 Å². The van der Waals surface area contributed by atoms with Gasteiger partial charge in [0, 0.05) is 5.57 Å². The van der Waals surface area contributed by atoms with E-state index in [0.29, 0.717) is 5.57 Å². The quantitative estimate of drug-likeness (QED) is 0.423. The summed E-state index contributed by atoms with van der Waals surface area (Å²) in [6.07, 6.45) is -1.10. The molecule has 0 aliphatic heterocycles. The lowest BCUT2D eigenvalue weighted by Gasteiger charge is -2.23. The lowest BCUT2D eigenvalue weighted by atomic mass is 10.2. The molecule has 4 nitrogen and oxygen atoms in total. The molecule has 14 heavy (non-hydrogen) atoms. The Morgan fingerprint density at radius 3 is 2.36 bits per heavy atom. The molecule has 0 rings (SSSR count). The summed E-state index contributed by atoms with van der Waals surface area (Å²) in [5.41, 5.74) is -0.164. The van der Waals surface area contributed by atoms with Gasteiger partial charge in [-0.05, 0) is 27.7 Å². The number of hydrogen-bond acceptors (Lipinski definition) is 4. The topological polar surface area (TPSA) is 55.8 Å². The molecule has 0 aromatic rings. The van der Waals surface area contributed by atoms with Crippen molar-refractivity contribution in [2.75, 3.05) is 6.61 Å². The lowest BCUT2D eigenvalue weighted by Crippen LogP contribution is -2.31. The van der Waals surface area contributed by atoms with Crippen molar-refractivity contribution in [2.45, 2.75) is 39.6 Å². The van der Waals surface area contributed by atoms with E-state index in [1.807, 2.05) is 0 Å². The Balaban J connectivity index is 3.80. The molecule has 0 aliphatic carbocycles. The molecule has 0 amide bonds. The maximum absolute atomic E-state index is 10.9. The van der Waals surface area contributed by atoms with Crippen LogP contribution in [0.3, 0.4) is 0 Å². The van der Waals surface area contributed by atoms with Gasteiger partial charge in [0.2, 0.25) is 0 Å². The standard InChI is InChI=1S/C10H18O4/c1-7(2)9(12)13-6-8(11)14-10(3,4)5/h8,11H,1,6H2,2-5H3. The molecule has 1 N–H and O–H groups in total. The normalized spacial score (nSPS) is 13.5. The summed E-state index contributed by atoms with van der Waals surface area (Å²) in [4.78, 5) is 10.9. The average Bonchev–Trinajstić information content (AvgIpc) is 1.96. The summed E-state index contributed by atoms with van der Waals surface area (Å²) in [5, 5.41) is 9.29. The SMILES string of the molecule is C=C(C)C(=O)OCC(O)OC(C)(C)C. The molecule has 0 aromatic heterocycles. The summed E-state index contributed by atoms with van der Waals surface area (Å²) in [7, 11) is 0. The van der Waals surface area contributed by atoms with Crippen LogP contribution in [0.15, 0.2) is 12.2 Å². The van der Waals surface area contributed by atoms with Crippen molar-refractivity contribution in [1.82, 2.24) is 0 Å². The minimum Gasteiger partial charge on any atom is -0.457 e. The molecule has 0 aromatic carbocycles. The van der Waals surface area contributed by atoms with Gasteiger partial charge >= 0.3 is 5.97 Å². The van der Waals surface area contributed by atoms with E-state index in [1.54, 1.807) is 27.7 Å². The van der Waals surface area contributed by atoms with E-state index in [0.717, 1.165) is 0 Å². The van der Waals surface area contributed by atoms with Crippen LogP contribution in [0.1, 0.15) is 27.7 Å². The third-order valence-corrected chi connectivity index (χ3v) is 1.20. The van der Waals surface area contributed by atoms with E-state index in [2.05, 4.69) is 6.58 Å². The number of aliphatic hydroxyl groups excluding tert-OH is 1. The van der Waals surface area contributed by atoms with Gasteiger partial charge < -0.3 is 14.6 Å². The molecule has 0 radical (unpaired) electrons. The molecule has 82 valence electrons. The van der Waals surface area contributed by atoms with Gasteiger partial charge in [-0.2, -0.15) is 0 Å². The highest BCUT2D eigenvalue weighted by Crippen LogP contribution is 2.09. The second-order valence-electron chi connectivity index (χ2n) is 4.06. The second-order valence-corrected chi connectivity index (χ2v) is 4.06.